The third-order valence-electron chi connectivity index (χ3n) is 2.94. The van der Waals surface area contributed by atoms with E-state index in [-0.39, 0.29) is 17.3 Å². The molecule has 0 saturated carbocycles. The van der Waals surface area contributed by atoms with Gasteiger partial charge in [-0.05, 0) is 25.1 Å². The van der Waals surface area contributed by atoms with Crippen LogP contribution in [0, 0.1) is 11.6 Å². The van der Waals surface area contributed by atoms with Crippen LogP contribution in [0.5, 0.6) is 5.75 Å². The molecule has 0 spiro atoms. The topological polar surface area (TPSA) is 38.5 Å². The van der Waals surface area contributed by atoms with Crippen LogP contribution in [0.3, 0.4) is 0 Å². The van der Waals surface area contributed by atoms with Gasteiger partial charge in [0, 0.05) is 24.9 Å². The van der Waals surface area contributed by atoms with Crippen LogP contribution >= 0.6 is 0 Å². The van der Waals surface area contributed by atoms with E-state index in [4.69, 9.17) is 10.5 Å². The Labute approximate surface area is 116 Å². The molecule has 0 aliphatic heterocycles. The molecule has 0 amide bonds. The largest absolute Gasteiger partial charge is 0.491 e. The third-order valence-corrected chi connectivity index (χ3v) is 2.94. The van der Waals surface area contributed by atoms with Gasteiger partial charge in [0.15, 0.2) is 11.6 Å². The van der Waals surface area contributed by atoms with Crippen molar-refractivity contribution in [1.29, 1.82) is 0 Å². The van der Waals surface area contributed by atoms with Crippen molar-refractivity contribution in [3.8, 4) is 5.75 Å². The van der Waals surface area contributed by atoms with Crippen molar-refractivity contribution in [2.75, 3.05) is 24.3 Å². The molecule has 0 bridgehead atoms. The maximum absolute atomic E-state index is 13.7. The first-order chi connectivity index (χ1) is 9.52. The van der Waals surface area contributed by atoms with Crippen molar-refractivity contribution < 1.29 is 13.5 Å². The summed E-state index contributed by atoms with van der Waals surface area (Å²) in [5, 5.41) is 0. The predicted octanol–water partition coefficient (Wildman–Crippen LogP) is 3.71. The number of nitrogens with zero attached hydrogens (tertiary/aromatic N) is 1. The molecule has 106 valence electrons. The summed E-state index contributed by atoms with van der Waals surface area (Å²) in [6.07, 6.45) is 0. The third kappa shape index (κ3) is 2.82. The van der Waals surface area contributed by atoms with E-state index in [0.717, 1.165) is 0 Å². The molecule has 2 N–H and O–H groups in total. The van der Waals surface area contributed by atoms with Gasteiger partial charge in [0.05, 0.1) is 18.0 Å². The number of anilines is 3. The molecule has 5 heteroatoms. The number of benzene rings is 2. The van der Waals surface area contributed by atoms with Crippen molar-refractivity contribution in [1.82, 2.24) is 0 Å². The minimum absolute atomic E-state index is 0.125. The summed E-state index contributed by atoms with van der Waals surface area (Å²) in [6, 6.07) is 8.80. The first kappa shape index (κ1) is 14.1. The molecule has 2 aromatic carbocycles. The molecule has 0 saturated heterocycles. The van der Waals surface area contributed by atoms with E-state index in [9.17, 15) is 8.78 Å². The van der Waals surface area contributed by atoms with Crippen molar-refractivity contribution >= 4 is 17.1 Å². The fourth-order valence-corrected chi connectivity index (χ4v) is 1.94. The lowest BCUT2D eigenvalue weighted by Crippen LogP contribution is -2.12. The summed E-state index contributed by atoms with van der Waals surface area (Å²) in [7, 11) is 1.73. The maximum Gasteiger partial charge on any atom is 0.167 e. The lowest BCUT2D eigenvalue weighted by atomic mass is 10.2. The number of hydrogen-bond acceptors (Lipinski definition) is 3. The first-order valence-electron chi connectivity index (χ1n) is 6.24. The summed E-state index contributed by atoms with van der Waals surface area (Å²) < 4.78 is 32.1. The van der Waals surface area contributed by atoms with Crippen molar-refractivity contribution in [2.45, 2.75) is 6.92 Å². The molecule has 0 heterocycles. The van der Waals surface area contributed by atoms with E-state index in [2.05, 4.69) is 0 Å². The Morgan fingerprint density at radius 3 is 2.60 bits per heavy atom. The van der Waals surface area contributed by atoms with Crippen molar-refractivity contribution in [3.05, 3.63) is 48.0 Å². The Bertz CT molecular complexity index is 617. The summed E-state index contributed by atoms with van der Waals surface area (Å²) in [6.45, 7) is 2.12. The fourth-order valence-electron chi connectivity index (χ4n) is 1.94. The Hall–Kier alpha value is -2.30. The Morgan fingerprint density at radius 2 is 1.95 bits per heavy atom. The SMILES string of the molecule is CCOc1cc(N(C)c2cccc(F)c2)c(N)cc1F. The van der Waals surface area contributed by atoms with Gasteiger partial charge in [-0.2, -0.15) is 0 Å². The average Bonchev–Trinajstić information content (AvgIpc) is 2.41. The van der Waals surface area contributed by atoms with Crippen LogP contribution in [-0.4, -0.2) is 13.7 Å². The fraction of sp³-hybridized carbons (Fsp3) is 0.200. The lowest BCUT2D eigenvalue weighted by Gasteiger charge is -2.22. The van der Waals surface area contributed by atoms with E-state index < -0.39 is 5.82 Å². The van der Waals surface area contributed by atoms with Gasteiger partial charge in [-0.25, -0.2) is 8.78 Å². The second kappa shape index (κ2) is 5.77. The molecule has 0 fully saturated rings. The summed E-state index contributed by atoms with van der Waals surface area (Å²) in [5.41, 5.74) is 7.27. The number of halogens is 2. The summed E-state index contributed by atoms with van der Waals surface area (Å²) in [5.74, 6) is -0.735. The van der Waals surface area contributed by atoms with E-state index in [1.165, 1.54) is 24.3 Å². The second-order valence-electron chi connectivity index (χ2n) is 4.31. The van der Waals surface area contributed by atoms with Crippen LogP contribution in [0.15, 0.2) is 36.4 Å². The van der Waals surface area contributed by atoms with E-state index >= 15 is 0 Å². The molecule has 2 rings (SSSR count). The van der Waals surface area contributed by atoms with Crippen LogP contribution in [0.4, 0.5) is 25.8 Å². The normalized spacial score (nSPS) is 10.4. The number of ether oxygens (including phenoxy) is 1. The smallest absolute Gasteiger partial charge is 0.167 e. The van der Waals surface area contributed by atoms with Gasteiger partial charge in [0.2, 0.25) is 0 Å². The van der Waals surface area contributed by atoms with Gasteiger partial charge in [-0.15, -0.1) is 0 Å². The molecule has 0 radical (unpaired) electrons. The zero-order chi connectivity index (χ0) is 14.7. The zero-order valence-corrected chi connectivity index (χ0v) is 11.4. The molecule has 0 aromatic heterocycles. The van der Waals surface area contributed by atoms with Crippen LogP contribution in [0.25, 0.3) is 0 Å². The minimum atomic E-state index is -0.513. The molecule has 0 aliphatic rings. The highest BCUT2D eigenvalue weighted by molar-refractivity contribution is 5.76. The quantitative estimate of drug-likeness (QED) is 0.866. The van der Waals surface area contributed by atoms with Gasteiger partial charge in [0.25, 0.3) is 0 Å². The van der Waals surface area contributed by atoms with Gasteiger partial charge >= 0.3 is 0 Å². The van der Waals surface area contributed by atoms with E-state index in [1.54, 1.807) is 31.0 Å². The van der Waals surface area contributed by atoms with Crippen LogP contribution in [-0.2, 0) is 0 Å². The monoisotopic (exact) mass is 278 g/mol. The highest BCUT2D eigenvalue weighted by atomic mass is 19.1. The Balaban J connectivity index is 2.43. The highest BCUT2D eigenvalue weighted by Gasteiger charge is 2.13. The average molecular weight is 278 g/mol. The Kier molecular flexibility index (Phi) is 4.08. The van der Waals surface area contributed by atoms with Crippen molar-refractivity contribution in [2.24, 2.45) is 0 Å². The standard InChI is InChI=1S/C15H16F2N2O/c1-3-20-15-9-14(13(18)8-12(15)17)19(2)11-6-4-5-10(16)7-11/h4-9H,3,18H2,1-2H3. The van der Waals surface area contributed by atoms with Crippen molar-refractivity contribution in [3.63, 3.8) is 0 Å². The van der Waals surface area contributed by atoms with Gasteiger partial charge in [0.1, 0.15) is 5.82 Å². The molecule has 0 unspecified atom stereocenters. The first-order valence-corrected chi connectivity index (χ1v) is 6.24. The number of rotatable bonds is 4. The molecular formula is C15H16F2N2O. The molecule has 0 aliphatic carbocycles. The molecule has 2 aromatic rings. The number of nitrogens with two attached hydrogens (primary N) is 1. The summed E-state index contributed by atoms with van der Waals surface area (Å²) >= 11 is 0. The summed E-state index contributed by atoms with van der Waals surface area (Å²) in [4.78, 5) is 1.68. The van der Waals surface area contributed by atoms with E-state index in [0.29, 0.717) is 18.0 Å². The van der Waals surface area contributed by atoms with E-state index in [1.807, 2.05) is 0 Å². The molecule has 20 heavy (non-hydrogen) atoms. The second-order valence-corrected chi connectivity index (χ2v) is 4.31. The van der Waals surface area contributed by atoms with Crippen LogP contribution < -0.4 is 15.4 Å². The van der Waals surface area contributed by atoms with Crippen LogP contribution in [0.1, 0.15) is 6.92 Å². The van der Waals surface area contributed by atoms with Gasteiger partial charge in [-0.3, -0.25) is 0 Å². The zero-order valence-electron chi connectivity index (χ0n) is 11.4. The van der Waals surface area contributed by atoms with Gasteiger partial charge in [-0.1, -0.05) is 6.07 Å². The molecular weight excluding hydrogens is 262 g/mol. The molecule has 0 atom stereocenters. The number of hydrogen-bond donors (Lipinski definition) is 1. The Morgan fingerprint density at radius 1 is 1.20 bits per heavy atom. The lowest BCUT2D eigenvalue weighted by molar-refractivity contribution is 0.322. The maximum atomic E-state index is 13.7. The highest BCUT2D eigenvalue weighted by Crippen LogP contribution is 2.34. The molecule has 3 nitrogen and oxygen atoms in total. The van der Waals surface area contributed by atoms with Crippen LogP contribution in [0.2, 0.25) is 0 Å². The van der Waals surface area contributed by atoms with Gasteiger partial charge < -0.3 is 15.4 Å². The minimum Gasteiger partial charge on any atom is -0.491 e. The predicted molar refractivity (Wildman–Crippen MR) is 76.4 cm³/mol. The number of nitrogen functional groups attached to an aromatic ring is 1.